The zero-order valence-electron chi connectivity index (χ0n) is 12.2. The predicted molar refractivity (Wildman–Crippen MR) is 80.6 cm³/mol. The van der Waals surface area contributed by atoms with Crippen molar-refractivity contribution in [2.75, 3.05) is 13.7 Å². The Morgan fingerprint density at radius 3 is 2.86 bits per heavy atom. The van der Waals surface area contributed by atoms with Crippen LogP contribution in [0.5, 0.6) is 5.75 Å². The molecule has 0 spiro atoms. The highest BCUT2D eigenvalue weighted by Crippen LogP contribution is 2.09. The van der Waals surface area contributed by atoms with Crippen LogP contribution in [0, 0.1) is 0 Å². The first-order valence-corrected chi connectivity index (χ1v) is 6.43. The van der Waals surface area contributed by atoms with Crippen molar-refractivity contribution in [2.24, 2.45) is 10.2 Å². The Bertz CT molecular complexity index is 611. The lowest BCUT2D eigenvalue weighted by Gasteiger charge is -2.25. The first-order valence-electron chi connectivity index (χ1n) is 6.43. The van der Waals surface area contributed by atoms with Crippen molar-refractivity contribution in [3.63, 3.8) is 0 Å². The molecule has 116 valence electrons. The maximum atomic E-state index is 11.6. The van der Waals surface area contributed by atoms with Gasteiger partial charge >= 0.3 is 12.1 Å². The summed E-state index contributed by atoms with van der Waals surface area (Å²) in [7, 11) is 1.58. The summed E-state index contributed by atoms with van der Waals surface area (Å²) in [4.78, 5) is 23.1. The fraction of sp³-hybridized carbons (Fsp3) is 0.231. The second kappa shape index (κ2) is 7.07. The fourth-order valence-electron chi connectivity index (χ4n) is 1.63. The highest BCUT2D eigenvalue weighted by molar-refractivity contribution is 5.92. The lowest BCUT2D eigenvalue weighted by atomic mass is 10.2. The summed E-state index contributed by atoms with van der Waals surface area (Å²) in [6.45, 7) is 1.94. The number of benzene rings is 1. The van der Waals surface area contributed by atoms with E-state index >= 15 is 0 Å². The number of carbonyl (C=O) groups is 2. The van der Waals surface area contributed by atoms with E-state index in [0.717, 1.165) is 16.3 Å². The van der Waals surface area contributed by atoms with Gasteiger partial charge in [-0.25, -0.2) is 30.9 Å². The van der Waals surface area contributed by atoms with Crippen LogP contribution in [0.15, 0.2) is 34.5 Å². The standard InChI is InChI=1S/C13H16N6O3/c1-9-8-19(13(21)17-15-9)18-12(20)16-14-7-10-3-5-11(22-2)6-4-10/h3-7H,8H2,1-2H3,(H,17,21)(H2,16,18,20)/b14-7+. The third-order valence-corrected chi connectivity index (χ3v) is 2.71. The maximum Gasteiger partial charge on any atom is 0.356 e. The van der Waals surface area contributed by atoms with Crippen LogP contribution in [0.4, 0.5) is 9.59 Å². The van der Waals surface area contributed by atoms with Crippen LogP contribution in [0.3, 0.4) is 0 Å². The molecule has 0 aliphatic carbocycles. The molecule has 0 saturated heterocycles. The Balaban J connectivity index is 1.83. The molecular weight excluding hydrogens is 288 g/mol. The molecule has 1 heterocycles. The topological polar surface area (TPSA) is 107 Å². The number of nitrogens with zero attached hydrogens (tertiary/aromatic N) is 3. The van der Waals surface area contributed by atoms with Crippen LogP contribution < -0.4 is 21.0 Å². The molecule has 1 aliphatic rings. The maximum absolute atomic E-state index is 11.6. The van der Waals surface area contributed by atoms with E-state index < -0.39 is 12.1 Å². The van der Waals surface area contributed by atoms with Crippen molar-refractivity contribution in [1.82, 2.24) is 21.3 Å². The van der Waals surface area contributed by atoms with Crippen molar-refractivity contribution in [3.05, 3.63) is 29.8 Å². The molecule has 9 heteroatoms. The molecule has 0 unspecified atom stereocenters. The lowest BCUT2D eigenvalue weighted by Crippen LogP contribution is -2.55. The summed E-state index contributed by atoms with van der Waals surface area (Å²) >= 11 is 0. The Morgan fingerprint density at radius 1 is 1.45 bits per heavy atom. The molecule has 0 atom stereocenters. The third kappa shape index (κ3) is 4.20. The normalized spacial score (nSPS) is 14.4. The number of amides is 4. The molecule has 1 aromatic rings. The summed E-state index contributed by atoms with van der Waals surface area (Å²) in [5, 5.41) is 8.64. The zero-order chi connectivity index (χ0) is 15.9. The van der Waals surface area contributed by atoms with Gasteiger partial charge in [0.25, 0.3) is 0 Å². The number of hydrazone groups is 2. The van der Waals surface area contributed by atoms with E-state index in [-0.39, 0.29) is 6.54 Å². The molecule has 0 radical (unpaired) electrons. The van der Waals surface area contributed by atoms with Gasteiger partial charge in [-0.3, -0.25) is 0 Å². The van der Waals surface area contributed by atoms with E-state index in [2.05, 4.69) is 26.5 Å². The average molecular weight is 304 g/mol. The molecule has 1 aromatic carbocycles. The highest BCUT2D eigenvalue weighted by Gasteiger charge is 2.20. The number of methoxy groups -OCH3 is 1. The first-order chi connectivity index (χ1) is 10.6. The molecule has 0 aromatic heterocycles. The van der Waals surface area contributed by atoms with Crippen LogP contribution in [0.25, 0.3) is 0 Å². The predicted octanol–water partition coefficient (Wildman–Crippen LogP) is 0.644. The van der Waals surface area contributed by atoms with Gasteiger partial charge in [-0.15, -0.1) is 0 Å². The SMILES string of the molecule is COc1ccc(/C=N/NC(=O)NN2CC(C)=NNC2=O)cc1. The molecule has 0 bridgehead atoms. The minimum Gasteiger partial charge on any atom is -0.497 e. The number of carbonyl (C=O) groups excluding carboxylic acids is 2. The molecule has 0 saturated carbocycles. The van der Waals surface area contributed by atoms with Gasteiger partial charge in [0.1, 0.15) is 5.75 Å². The summed E-state index contributed by atoms with van der Waals surface area (Å²) in [6.07, 6.45) is 1.47. The van der Waals surface area contributed by atoms with Gasteiger partial charge in [0, 0.05) is 0 Å². The Hall–Kier alpha value is -3.10. The van der Waals surface area contributed by atoms with E-state index in [9.17, 15) is 9.59 Å². The molecule has 4 amide bonds. The summed E-state index contributed by atoms with van der Waals surface area (Å²) < 4.78 is 5.04. The molecule has 3 N–H and O–H groups in total. The van der Waals surface area contributed by atoms with Crippen LogP contribution in [-0.2, 0) is 0 Å². The van der Waals surface area contributed by atoms with Crippen molar-refractivity contribution >= 4 is 24.0 Å². The van der Waals surface area contributed by atoms with Crippen LogP contribution in [0.2, 0.25) is 0 Å². The Kier molecular flexibility index (Phi) is 4.91. The van der Waals surface area contributed by atoms with E-state index in [4.69, 9.17) is 4.74 Å². The number of hydrogen-bond acceptors (Lipinski definition) is 5. The number of ether oxygens (including phenoxy) is 1. The van der Waals surface area contributed by atoms with E-state index in [1.165, 1.54) is 6.21 Å². The van der Waals surface area contributed by atoms with Gasteiger partial charge < -0.3 is 4.74 Å². The summed E-state index contributed by atoms with van der Waals surface area (Å²) in [5.74, 6) is 0.732. The first kappa shape index (κ1) is 15.3. The van der Waals surface area contributed by atoms with Gasteiger partial charge in [-0.2, -0.15) is 10.2 Å². The van der Waals surface area contributed by atoms with Crippen molar-refractivity contribution in [1.29, 1.82) is 0 Å². The molecule has 2 rings (SSSR count). The monoisotopic (exact) mass is 304 g/mol. The minimum absolute atomic E-state index is 0.210. The van der Waals surface area contributed by atoms with Crippen LogP contribution >= 0.6 is 0 Å². The quantitative estimate of drug-likeness (QED) is 0.561. The van der Waals surface area contributed by atoms with Gasteiger partial charge in [-0.05, 0) is 36.8 Å². The number of nitrogens with one attached hydrogen (secondary N) is 3. The number of hydrazine groups is 1. The minimum atomic E-state index is -0.630. The van der Waals surface area contributed by atoms with Crippen molar-refractivity contribution in [3.8, 4) is 5.75 Å². The fourth-order valence-corrected chi connectivity index (χ4v) is 1.63. The zero-order valence-corrected chi connectivity index (χ0v) is 12.2. The van der Waals surface area contributed by atoms with Crippen molar-refractivity contribution < 1.29 is 14.3 Å². The smallest absolute Gasteiger partial charge is 0.356 e. The van der Waals surface area contributed by atoms with Gasteiger partial charge in [0.15, 0.2) is 0 Å². The second-order valence-electron chi connectivity index (χ2n) is 4.43. The van der Waals surface area contributed by atoms with Crippen LogP contribution in [-0.4, -0.2) is 42.7 Å². The summed E-state index contributed by atoms with van der Waals surface area (Å²) in [6, 6.07) is 6.00. The molecule has 9 nitrogen and oxygen atoms in total. The summed E-state index contributed by atoms with van der Waals surface area (Å²) in [5.41, 5.74) is 8.35. The number of urea groups is 2. The van der Waals surface area contributed by atoms with Crippen LogP contribution in [0.1, 0.15) is 12.5 Å². The Morgan fingerprint density at radius 2 is 2.18 bits per heavy atom. The average Bonchev–Trinajstić information content (AvgIpc) is 2.51. The second-order valence-corrected chi connectivity index (χ2v) is 4.43. The van der Waals surface area contributed by atoms with Gasteiger partial charge in [-0.1, -0.05) is 0 Å². The van der Waals surface area contributed by atoms with Gasteiger partial charge in [0.2, 0.25) is 0 Å². The van der Waals surface area contributed by atoms with E-state index in [1.807, 2.05) is 0 Å². The van der Waals surface area contributed by atoms with Crippen molar-refractivity contribution in [2.45, 2.75) is 6.92 Å². The molecule has 0 fully saturated rings. The Labute approximate surface area is 127 Å². The number of hydrogen-bond donors (Lipinski definition) is 3. The van der Waals surface area contributed by atoms with E-state index in [1.54, 1.807) is 38.3 Å². The highest BCUT2D eigenvalue weighted by atomic mass is 16.5. The largest absolute Gasteiger partial charge is 0.497 e. The number of rotatable bonds is 4. The lowest BCUT2D eigenvalue weighted by molar-refractivity contribution is 0.173. The van der Waals surface area contributed by atoms with Gasteiger partial charge in [0.05, 0.1) is 25.6 Å². The van der Waals surface area contributed by atoms with E-state index in [0.29, 0.717) is 5.71 Å². The molecule has 22 heavy (non-hydrogen) atoms. The molecule has 1 aliphatic heterocycles. The third-order valence-electron chi connectivity index (χ3n) is 2.71. The molecular formula is C13H16N6O3.